The second kappa shape index (κ2) is 4.47. The first kappa shape index (κ1) is 11.8. The van der Waals surface area contributed by atoms with Gasteiger partial charge in [0.15, 0.2) is 0 Å². The van der Waals surface area contributed by atoms with Gasteiger partial charge in [0.05, 0.1) is 0 Å². The van der Waals surface area contributed by atoms with E-state index in [1.54, 1.807) is 0 Å². The molecule has 2 nitrogen and oxygen atoms in total. The van der Waals surface area contributed by atoms with E-state index in [-0.39, 0.29) is 11.4 Å². The van der Waals surface area contributed by atoms with Crippen molar-refractivity contribution in [2.24, 2.45) is 5.41 Å². The Kier molecular flexibility index (Phi) is 3.51. The normalized spacial score (nSPS) is 25.3. The molecule has 0 saturated heterocycles. The van der Waals surface area contributed by atoms with Crippen LogP contribution in [-0.2, 0) is 9.53 Å². The molecule has 1 aliphatic carbocycles. The van der Waals surface area contributed by atoms with E-state index in [9.17, 15) is 4.79 Å². The van der Waals surface area contributed by atoms with Gasteiger partial charge in [-0.25, -0.2) is 0 Å². The zero-order chi connectivity index (χ0) is 11.5. The Labute approximate surface area is 91.3 Å². The molecule has 15 heavy (non-hydrogen) atoms. The molecule has 1 unspecified atom stereocenters. The summed E-state index contributed by atoms with van der Waals surface area (Å²) in [7, 11) is 0. The first-order chi connectivity index (χ1) is 7.00. The maximum atomic E-state index is 10.9. The van der Waals surface area contributed by atoms with Gasteiger partial charge in [0.25, 0.3) is 0 Å². The Morgan fingerprint density at radius 2 is 2.40 bits per heavy atom. The summed E-state index contributed by atoms with van der Waals surface area (Å²) in [5.41, 5.74) is 1.08. The van der Waals surface area contributed by atoms with Gasteiger partial charge in [0.1, 0.15) is 5.76 Å². The maximum absolute atomic E-state index is 10.9. The number of carbonyl (C=O) groups is 1. The highest BCUT2D eigenvalue weighted by Gasteiger charge is 2.23. The van der Waals surface area contributed by atoms with Crippen LogP contribution in [0.25, 0.3) is 0 Å². The third-order valence-electron chi connectivity index (χ3n) is 2.65. The van der Waals surface area contributed by atoms with Crippen LogP contribution in [0.2, 0.25) is 0 Å². The molecule has 1 rings (SSSR count). The van der Waals surface area contributed by atoms with Crippen molar-refractivity contribution in [2.45, 2.75) is 33.6 Å². The molecule has 0 spiro atoms. The van der Waals surface area contributed by atoms with E-state index in [2.05, 4.69) is 26.5 Å². The van der Waals surface area contributed by atoms with Crippen molar-refractivity contribution in [1.82, 2.24) is 0 Å². The van der Waals surface area contributed by atoms with Gasteiger partial charge in [-0.3, -0.25) is 4.79 Å². The number of carbonyl (C=O) groups excluding carboxylic acids is 1. The van der Waals surface area contributed by atoms with Crippen LogP contribution in [0.15, 0.2) is 36.1 Å². The summed E-state index contributed by atoms with van der Waals surface area (Å²) in [4.78, 5) is 10.9. The Bertz CT molecular complexity index is 336. The van der Waals surface area contributed by atoms with E-state index in [0.717, 1.165) is 18.4 Å². The van der Waals surface area contributed by atoms with Crippen molar-refractivity contribution in [2.75, 3.05) is 0 Å². The van der Waals surface area contributed by atoms with Crippen LogP contribution >= 0.6 is 0 Å². The molecule has 82 valence electrons. The van der Waals surface area contributed by atoms with Crippen molar-refractivity contribution < 1.29 is 9.53 Å². The second-order valence-corrected chi connectivity index (χ2v) is 4.10. The highest BCUT2D eigenvalue weighted by Crippen LogP contribution is 2.35. The molecule has 0 saturated carbocycles. The van der Waals surface area contributed by atoms with E-state index >= 15 is 0 Å². The van der Waals surface area contributed by atoms with Gasteiger partial charge in [0.2, 0.25) is 0 Å². The van der Waals surface area contributed by atoms with E-state index in [1.807, 2.05) is 12.2 Å². The SMILES string of the molecule is C=CC1(C)C=C(CC)C(OC(C)=O)=CC1. The van der Waals surface area contributed by atoms with Crippen molar-refractivity contribution in [3.63, 3.8) is 0 Å². The molecule has 0 bridgehead atoms. The fourth-order valence-corrected chi connectivity index (χ4v) is 1.65. The number of allylic oxidation sites excluding steroid dienone is 4. The summed E-state index contributed by atoms with van der Waals surface area (Å²) >= 11 is 0. The maximum Gasteiger partial charge on any atom is 0.308 e. The van der Waals surface area contributed by atoms with Gasteiger partial charge in [-0.05, 0) is 24.5 Å². The highest BCUT2D eigenvalue weighted by molar-refractivity contribution is 5.68. The summed E-state index contributed by atoms with van der Waals surface area (Å²) in [5, 5.41) is 0. The van der Waals surface area contributed by atoms with Crippen LogP contribution in [-0.4, -0.2) is 5.97 Å². The average Bonchev–Trinajstić information content (AvgIpc) is 2.20. The predicted molar refractivity (Wildman–Crippen MR) is 61.1 cm³/mol. The van der Waals surface area contributed by atoms with Gasteiger partial charge in [-0.1, -0.05) is 26.0 Å². The third-order valence-corrected chi connectivity index (χ3v) is 2.65. The molecule has 0 aromatic heterocycles. The fraction of sp³-hybridized carbons (Fsp3) is 0.462. The lowest BCUT2D eigenvalue weighted by atomic mass is 9.80. The summed E-state index contributed by atoms with van der Waals surface area (Å²) in [6.45, 7) is 9.43. The van der Waals surface area contributed by atoms with E-state index < -0.39 is 0 Å². The monoisotopic (exact) mass is 206 g/mol. The molecule has 0 radical (unpaired) electrons. The zero-order valence-electron chi connectivity index (χ0n) is 9.67. The van der Waals surface area contributed by atoms with Gasteiger partial charge >= 0.3 is 5.97 Å². The lowest BCUT2D eigenvalue weighted by Crippen LogP contribution is -2.15. The topological polar surface area (TPSA) is 26.3 Å². The van der Waals surface area contributed by atoms with Crippen LogP contribution in [0.1, 0.15) is 33.6 Å². The number of ether oxygens (including phenoxy) is 1. The molecule has 0 aliphatic heterocycles. The third kappa shape index (κ3) is 2.82. The smallest absolute Gasteiger partial charge is 0.308 e. The van der Waals surface area contributed by atoms with E-state index in [4.69, 9.17) is 4.74 Å². The lowest BCUT2D eigenvalue weighted by Gasteiger charge is -2.27. The molecular weight excluding hydrogens is 188 g/mol. The minimum atomic E-state index is -0.261. The number of hydrogen-bond acceptors (Lipinski definition) is 2. The molecule has 0 fully saturated rings. The van der Waals surface area contributed by atoms with Crippen LogP contribution < -0.4 is 0 Å². The molecule has 0 heterocycles. The van der Waals surface area contributed by atoms with Gasteiger partial charge in [-0.2, -0.15) is 0 Å². The van der Waals surface area contributed by atoms with E-state index in [1.165, 1.54) is 6.92 Å². The van der Waals surface area contributed by atoms with Gasteiger partial charge in [-0.15, -0.1) is 6.58 Å². The molecule has 2 heteroatoms. The van der Waals surface area contributed by atoms with Crippen molar-refractivity contribution in [1.29, 1.82) is 0 Å². The molecule has 0 aromatic rings. The van der Waals surface area contributed by atoms with Gasteiger partial charge in [0, 0.05) is 12.3 Å². The van der Waals surface area contributed by atoms with Crippen LogP contribution in [0.4, 0.5) is 0 Å². The molecule has 0 aromatic carbocycles. The quantitative estimate of drug-likeness (QED) is 0.522. The van der Waals surface area contributed by atoms with Crippen LogP contribution in [0, 0.1) is 5.41 Å². The Hall–Kier alpha value is -1.31. The van der Waals surface area contributed by atoms with Crippen molar-refractivity contribution >= 4 is 5.97 Å². The minimum Gasteiger partial charge on any atom is -0.427 e. The van der Waals surface area contributed by atoms with Crippen molar-refractivity contribution in [3.05, 3.63) is 36.1 Å². The fourth-order valence-electron chi connectivity index (χ4n) is 1.65. The Morgan fingerprint density at radius 1 is 1.73 bits per heavy atom. The minimum absolute atomic E-state index is 0.00497. The predicted octanol–water partition coefficient (Wildman–Crippen LogP) is 3.37. The average molecular weight is 206 g/mol. The number of rotatable bonds is 3. The second-order valence-electron chi connectivity index (χ2n) is 4.10. The first-order valence-electron chi connectivity index (χ1n) is 5.25. The molecule has 0 N–H and O–H groups in total. The number of esters is 1. The molecular formula is C13H18O2. The van der Waals surface area contributed by atoms with Crippen molar-refractivity contribution in [3.8, 4) is 0 Å². The van der Waals surface area contributed by atoms with E-state index in [0.29, 0.717) is 5.76 Å². The largest absolute Gasteiger partial charge is 0.427 e. The molecule has 0 amide bonds. The molecule has 1 atom stereocenters. The summed E-state index contributed by atoms with van der Waals surface area (Å²) in [5.74, 6) is 0.451. The Balaban J connectivity index is 2.91. The first-order valence-corrected chi connectivity index (χ1v) is 5.25. The van der Waals surface area contributed by atoms with Crippen LogP contribution in [0.3, 0.4) is 0 Å². The lowest BCUT2D eigenvalue weighted by molar-refractivity contribution is -0.136. The van der Waals surface area contributed by atoms with Gasteiger partial charge < -0.3 is 4.74 Å². The summed E-state index contributed by atoms with van der Waals surface area (Å²) in [6.07, 6.45) is 7.75. The summed E-state index contributed by atoms with van der Waals surface area (Å²) < 4.78 is 5.15. The van der Waals surface area contributed by atoms with Crippen LogP contribution in [0.5, 0.6) is 0 Å². The number of hydrogen-bond donors (Lipinski definition) is 0. The molecule has 1 aliphatic rings. The summed E-state index contributed by atoms with van der Waals surface area (Å²) in [6, 6.07) is 0. The standard InChI is InChI=1S/C13H18O2/c1-5-11-9-13(4,6-2)8-7-12(11)15-10(3)14/h6-7,9H,2,5,8H2,1,3-4H3. The highest BCUT2D eigenvalue weighted by atomic mass is 16.5. The Morgan fingerprint density at radius 3 is 2.87 bits per heavy atom. The zero-order valence-corrected chi connectivity index (χ0v) is 9.67.